The van der Waals surface area contributed by atoms with Crippen LogP contribution in [-0.4, -0.2) is 66.0 Å². The van der Waals surface area contributed by atoms with Gasteiger partial charge >= 0.3 is 0 Å². The van der Waals surface area contributed by atoms with E-state index < -0.39 is 0 Å². The zero-order valence-electron chi connectivity index (χ0n) is 18.4. The number of hydrogen-bond donors (Lipinski definition) is 1. The fourth-order valence-corrected chi connectivity index (χ4v) is 4.81. The molecule has 164 valence electrons. The lowest BCUT2D eigenvalue weighted by atomic mass is 10.0. The van der Waals surface area contributed by atoms with Gasteiger partial charge in [0, 0.05) is 48.9 Å². The first-order valence-corrected chi connectivity index (χ1v) is 11.6. The van der Waals surface area contributed by atoms with E-state index in [1.165, 1.54) is 12.8 Å². The zero-order chi connectivity index (χ0) is 21.8. The summed E-state index contributed by atoms with van der Waals surface area (Å²) in [6, 6.07) is 24.8. The standard InChI is InChI=1S/C27H30N4O/c32-27(31-17-15-30(16-18-31)24-11-13-28-14-12-24)23-19-25(21-7-3-1-4-8-21)29-26(20-23)22-9-5-2-6-10-22/h1-10,19-20,24,28H,11-18H2. The maximum absolute atomic E-state index is 13.5. The van der Waals surface area contributed by atoms with E-state index in [2.05, 4.69) is 10.2 Å². The van der Waals surface area contributed by atoms with Crippen LogP contribution in [0.3, 0.4) is 0 Å². The Morgan fingerprint density at radius 2 is 1.31 bits per heavy atom. The molecule has 0 saturated carbocycles. The minimum absolute atomic E-state index is 0.103. The Morgan fingerprint density at radius 3 is 1.84 bits per heavy atom. The zero-order valence-corrected chi connectivity index (χ0v) is 18.4. The van der Waals surface area contributed by atoms with E-state index in [-0.39, 0.29) is 5.91 Å². The summed E-state index contributed by atoms with van der Waals surface area (Å²) in [5.74, 6) is 0.103. The van der Waals surface area contributed by atoms with Gasteiger partial charge in [-0.2, -0.15) is 0 Å². The average Bonchev–Trinajstić information content (AvgIpc) is 2.89. The van der Waals surface area contributed by atoms with Crippen LogP contribution in [0.4, 0.5) is 0 Å². The van der Waals surface area contributed by atoms with E-state index in [4.69, 9.17) is 4.98 Å². The van der Waals surface area contributed by atoms with E-state index in [0.29, 0.717) is 11.6 Å². The van der Waals surface area contributed by atoms with Gasteiger partial charge in [0.2, 0.25) is 0 Å². The molecule has 0 atom stereocenters. The van der Waals surface area contributed by atoms with Gasteiger partial charge in [0.05, 0.1) is 11.4 Å². The third-order valence-corrected chi connectivity index (χ3v) is 6.64. The van der Waals surface area contributed by atoms with Gasteiger partial charge in [-0.25, -0.2) is 4.98 Å². The SMILES string of the molecule is O=C(c1cc(-c2ccccc2)nc(-c2ccccc2)c1)N1CCN(C2CCNCC2)CC1. The van der Waals surface area contributed by atoms with Crippen molar-refractivity contribution < 1.29 is 4.79 Å². The second kappa shape index (κ2) is 9.63. The molecule has 5 rings (SSSR count). The summed E-state index contributed by atoms with van der Waals surface area (Å²) in [6.45, 7) is 5.69. The van der Waals surface area contributed by atoms with Crippen LogP contribution in [0, 0.1) is 0 Å². The van der Waals surface area contributed by atoms with Crippen LogP contribution in [0.15, 0.2) is 72.8 Å². The summed E-state index contributed by atoms with van der Waals surface area (Å²) in [5.41, 5.74) is 4.44. The quantitative estimate of drug-likeness (QED) is 0.687. The first-order chi connectivity index (χ1) is 15.8. The van der Waals surface area contributed by atoms with Gasteiger partial charge in [0.1, 0.15) is 0 Å². The molecule has 2 saturated heterocycles. The average molecular weight is 427 g/mol. The van der Waals surface area contributed by atoms with Crippen molar-refractivity contribution in [1.29, 1.82) is 0 Å². The summed E-state index contributed by atoms with van der Waals surface area (Å²) in [5, 5.41) is 3.44. The molecule has 0 radical (unpaired) electrons. The Bertz CT molecular complexity index is 982. The van der Waals surface area contributed by atoms with Crippen molar-refractivity contribution in [2.45, 2.75) is 18.9 Å². The van der Waals surface area contributed by atoms with Gasteiger partial charge in [0.15, 0.2) is 0 Å². The van der Waals surface area contributed by atoms with Crippen molar-refractivity contribution in [2.75, 3.05) is 39.3 Å². The smallest absolute Gasteiger partial charge is 0.254 e. The summed E-state index contributed by atoms with van der Waals surface area (Å²) < 4.78 is 0. The number of rotatable bonds is 4. The number of nitrogens with one attached hydrogen (secondary N) is 1. The van der Waals surface area contributed by atoms with Crippen LogP contribution in [0.2, 0.25) is 0 Å². The molecule has 2 aromatic carbocycles. The minimum Gasteiger partial charge on any atom is -0.336 e. The third-order valence-electron chi connectivity index (χ3n) is 6.64. The maximum Gasteiger partial charge on any atom is 0.254 e. The topological polar surface area (TPSA) is 48.5 Å². The molecular formula is C27H30N4O. The number of hydrogen-bond acceptors (Lipinski definition) is 4. The highest BCUT2D eigenvalue weighted by Gasteiger charge is 2.28. The molecule has 5 heteroatoms. The highest BCUT2D eigenvalue weighted by atomic mass is 16.2. The Balaban J connectivity index is 1.39. The van der Waals surface area contributed by atoms with Crippen LogP contribution in [-0.2, 0) is 0 Å². The van der Waals surface area contributed by atoms with E-state index in [1.807, 2.05) is 77.7 Å². The summed E-state index contributed by atoms with van der Waals surface area (Å²) in [7, 11) is 0. The van der Waals surface area contributed by atoms with E-state index in [9.17, 15) is 4.79 Å². The van der Waals surface area contributed by atoms with Crippen molar-refractivity contribution in [3.05, 3.63) is 78.4 Å². The predicted octanol–water partition coefficient (Wildman–Crippen LogP) is 3.93. The van der Waals surface area contributed by atoms with Crippen molar-refractivity contribution in [3.8, 4) is 22.5 Å². The number of benzene rings is 2. The minimum atomic E-state index is 0.103. The van der Waals surface area contributed by atoms with Gasteiger partial charge in [-0.3, -0.25) is 9.69 Å². The first-order valence-electron chi connectivity index (χ1n) is 11.6. The molecule has 2 fully saturated rings. The number of amides is 1. The molecule has 32 heavy (non-hydrogen) atoms. The lowest BCUT2D eigenvalue weighted by Gasteiger charge is -2.40. The molecule has 1 amide bonds. The fourth-order valence-electron chi connectivity index (χ4n) is 4.81. The van der Waals surface area contributed by atoms with E-state index in [1.54, 1.807) is 0 Å². The molecule has 3 heterocycles. The van der Waals surface area contributed by atoms with Crippen molar-refractivity contribution in [2.24, 2.45) is 0 Å². The van der Waals surface area contributed by atoms with Crippen molar-refractivity contribution >= 4 is 5.91 Å². The highest BCUT2D eigenvalue weighted by Crippen LogP contribution is 2.26. The van der Waals surface area contributed by atoms with E-state index >= 15 is 0 Å². The second-order valence-corrected chi connectivity index (χ2v) is 8.67. The third kappa shape index (κ3) is 4.59. The second-order valence-electron chi connectivity index (χ2n) is 8.67. The van der Waals surface area contributed by atoms with Crippen LogP contribution < -0.4 is 5.32 Å². The number of nitrogens with zero attached hydrogens (tertiary/aromatic N) is 3. The van der Waals surface area contributed by atoms with Crippen LogP contribution in [0.1, 0.15) is 23.2 Å². The molecule has 0 bridgehead atoms. The van der Waals surface area contributed by atoms with E-state index in [0.717, 1.165) is 61.8 Å². The Morgan fingerprint density at radius 1 is 0.781 bits per heavy atom. The monoisotopic (exact) mass is 426 g/mol. The van der Waals surface area contributed by atoms with Gasteiger partial charge in [-0.15, -0.1) is 0 Å². The summed E-state index contributed by atoms with van der Waals surface area (Å²) in [6.07, 6.45) is 2.42. The molecule has 5 nitrogen and oxygen atoms in total. The number of aromatic nitrogens is 1. The number of carbonyl (C=O) groups excluding carboxylic acids is 1. The molecule has 2 aliphatic heterocycles. The molecule has 0 aliphatic carbocycles. The maximum atomic E-state index is 13.5. The Hall–Kier alpha value is -3.02. The number of piperidine rings is 1. The van der Waals surface area contributed by atoms with Gasteiger partial charge in [0.25, 0.3) is 5.91 Å². The van der Waals surface area contributed by atoms with Crippen LogP contribution in [0.25, 0.3) is 22.5 Å². The molecule has 0 unspecified atom stereocenters. The van der Waals surface area contributed by atoms with Crippen LogP contribution >= 0.6 is 0 Å². The van der Waals surface area contributed by atoms with Gasteiger partial charge in [-0.05, 0) is 38.1 Å². The number of carbonyl (C=O) groups is 1. The van der Waals surface area contributed by atoms with Crippen molar-refractivity contribution in [1.82, 2.24) is 20.1 Å². The number of pyridine rings is 1. The normalized spacial score (nSPS) is 17.9. The van der Waals surface area contributed by atoms with Crippen LogP contribution in [0.5, 0.6) is 0 Å². The molecule has 3 aromatic rings. The summed E-state index contributed by atoms with van der Waals surface area (Å²) >= 11 is 0. The molecule has 1 aromatic heterocycles. The lowest BCUT2D eigenvalue weighted by molar-refractivity contribution is 0.0532. The van der Waals surface area contributed by atoms with Gasteiger partial charge < -0.3 is 10.2 Å². The predicted molar refractivity (Wildman–Crippen MR) is 128 cm³/mol. The highest BCUT2D eigenvalue weighted by molar-refractivity contribution is 5.96. The Kier molecular flexibility index (Phi) is 6.28. The largest absolute Gasteiger partial charge is 0.336 e. The van der Waals surface area contributed by atoms with Crippen molar-refractivity contribution in [3.63, 3.8) is 0 Å². The Labute approximate surface area is 190 Å². The first kappa shape index (κ1) is 20.9. The molecule has 2 aliphatic rings. The van der Waals surface area contributed by atoms with Gasteiger partial charge in [-0.1, -0.05) is 60.7 Å². The fraction of sp³-hybridized carbons (Fsp3) is 0.333. The lowest BCUT2D eigenvalue weighted by Crippen LogP contribution is -2.54. The number of piperazine rings is 1. The molecule has 0 spiro atoms. The summed E-state index contributed by atoms with van der Waals surface area (Å²) in [4.78, 5) is 23.0. The molecular weight excluding hydrogens is 396 g/mol. The molecule has 1 N–H and O–H groups in total.